The number of rotatable bonds is 3. The largest absolute Gasteiger partial charge is 0.545 e. The first-order valence-corrected chi connectivity index (χ1v) is 4.89. The van der Waals surface area contributed by atoms with Crippen LogP contribution in [-0.4, -0.2) is 11.9 Å². The predicted octanol–water partition coefficient (Wildman–Crippen LogP) is 1.24. The number of nitrogens with one attached hydrogen (secondary N) is 1. The molecule has 84 valence electrons. The molecule has 0 aliphatic heterocycles. The number of carbonyl (C=O) groups is 2. The molecule has 0 heterocycles. The van der Waals surface area contributed by atoms with Crippen LogP contribution in [0.2, 0.25) is 10.0 Å². The summed E-state index contributed by atoms with van der Waals surface area (Å²) < 4.78 is 0. The van der Waals surface area contributed by atoms with Crippen molar-refractivity contribution in [2.75, 3.05) is 5.32 Å². The number of carboxylic acids is 1. The molecule has 0 unspecified atom stereocenters. The summed E-state index contributed by atoms with van der Waals surface area (Å²) in [6.45, 7) is 0. The van der Waals surface area contributed by atoms with Crippen molar-refractivity contribution in [2.45, 2.75) is 0 Å². The molecule has 0 radical (unpaired) electrons. The Kier molecular flexibility index (Phi) is 4.34. The van der Waals surface area contributed by atoms with Crippen molar-refractivity contribution in [1.82, 2.24) is 0 Å². The zero-order chi connectivity index (χ0) is 12.1. The molecule has 0 aliphatic rings. The molecular formula is C10H6Cl2NO3-. The van der Waals surface area contributed by atoms with Gasteiger partial charge in [-0.05, 0) is 24.3 Å². The third kappa shape index (κ3) is 4.33. The highest BCUT2D eigenvalue weighted by atomic mass is 35.5. The van der Waals surface area contributed by atoms with Gasteiger partial charge in [0.25, 0.3) is 0 Å². The minimum absolute atomic E-state index is 0.367. The van der Waals surface area contributed by atoms with Gasteiger partial charge in [0, 0.05) is 21.8 Å². The minimum Gasteiger partial charge on any atom is -0.545 e. The molecular weight excluding hydrogens is 253 g/mol. The lowest BCUT2D eigenvalue weighted by atomic mass is 10.3. The van der Waals surface area contributed by atoms with Gasteiger partial charge in [-0.3, -0.25) is 4.79 Å². The first-order chi connectivity index (χ1) is 7.47. The van der Waals surface area contributed by atoms with E-state index in [1.54, 1.807) is 0 Å². The van der Waals surface area contributed by atoms with Crippen molar-refractivity contribution in [3.8, 4) is 0 Å². The number of hydrogen-bond donors (Lipinski definition) is 1. The lowest BCUT2D eigenvalue weighted by Crippen LogP contribution is -2.20. The van der Waals surface area contributed by atoms with Crippen LogP contribution in [-0.2, 0) is 9.59 Å². The molecule has 0 saturated carbocycles. The maximum Gasteiger partial charge on any atom is 0.248 e. The fourth-order valence-electron chi connectivity index (χ4n) is 0.954. The van der Waals surface area contributed by atoms with Gasteiger partial charge in [-0.1, -0.05) is 23.2 Å². The van der Waals surface area contributed by atoms with E-state index in [0.717, 1.165) is 6.08 Å². The standard InChI is InChI=1S/C10H7Cl2NO3/c11-6-3-7(12)5-8(4-6)13-9(14)1-2-10(15)16/h1-5H,(H,13,14)(H,15,16)/p-1. The quantitative estimate of drug-likeness (QED) is 0.830. The van der Waals surface area contributed by atoms with Crippen LogP contribution in [0.1, 0.15) is 0 Å². The molecule has 4 nitrogen and oxygen atoms in total. The van der Waals surface area contributed by atoms with E-state index in [-0.39, 0.29) is 0 Å². The number of anilines is 1. The molecule has 0 atom stereocenters. The monoisotopic (exact) mass is 258 g/mol. The third-order valence-electron chi connectivity index (χ3n) is 1.50. The molecule has 1 aromatic rings. The van der Waals surface area contributed by atoms with Crippen LogP contribution in [0, 0.1) is 0 Å². The van der Waals surface area contributed by atoms with Crippen LogP contribution in [0.15, 0.2) is 30.4 Å². The van der Waals surface area contributed by atoms with Gasteiger partial charge in [-0.15, -0.1) is 0 Å². The number of carboxylic acid groups (broad SMARTS) is 1. The summed E-state index contributed by atoms with van der Waals surface area (Å²) in [5, 5.41) is 13.2. The molecule has 16 heavy (non-hydrogen) atoms. The van der Waals surface area contributed by atoms with Gasteiger partial charge in [0.05, 0.1) is 5.97 Å². The normalized spacial score (nSPS) is 10.4. The molecule has 1 N–H and O–H groups in total. The molecule has 0 bridgehead atoms. The Morgan fingerprint density at radius 2 is 1.69 bits per heavy atom. The maximum atomic E-state index is 11.2. The topological polar surface area (TPSA) is 69.2 Å². The van der Waals surface area contributed by atoms with E-state index < -0.39 is 11.9 Å². The zero-order valence-electron chi connectivity index (χ0n) is 7.87. The average molecular weight is 259 g/mol. The average Bonchev–Trinajstić information content (AvgIpc) is 2.12. The van der Waals surface area contributed by atoms with Crippen LogP contribution >= 0.6 is 23.2 Å². The second kappa shape index (κ2) is 5.53. The minimum atomic E-state index is -1.45. The third-order valence-corrected chi connectivity index (χ3v) is 1.94. The van der Waals surface area contributed by atoms with Crippen molar-refractivity contribution < 1.29 is 14.7 Å². The smallest absolute Gasteiger partial charge is 0.248 e. The van der Waals surface area contributed by atoms with Gasteiger partial charge in [0.2, 0.25) is 5.91 Å². The SMILES string of the molecule is O=C([O-])C=CC(=O)Nc1cc(Cl)cc(Cl)c1. The van der Waals surface area contributed by atoms with Crippen molar-refractivity contribution in [1.29, 1.82) is 0 Å². The molecule has 6 heteroatoms. The highest BCUT2D eigenvalue weighted by Crippen LogP contribution is 2.22. The number of hydrogen-bond acceptors (Lipinski definition) is 3. The Hall–Kier alpha value is -1.52. The first-order valence-electron chi connectivity index (χ1n) is 4.13. The molecule has 0 spiro atoms. The maximum absolute atomic E-state index is 11.2. The van der Waals surface area contributed by atoms with Gasteiger partial charge < -0.3 is 15.2 Å². The number of halogens is 2. The summed E-state index contributed by atoms with van der Waals surface area (Å²) in [5.74, 6) is -2.05. The van der Waals surface area contributed by atoms with Gasteiger partial charge in [0.1, 0.15) is 0 Å². The molecule has 1 amide bonds. The van der Waals surface area contributed by atoms with Crippen LogP contribution in [0.5, 0.6) is 0 Å². The van der Waals surface area contributed by atoms with Crippen LogP contribution in [0.25, 0.3) is 0 Å². The van der Waals surface area contributed by atoms with E-state index in [0.29, 0.717) is 21.8 Å². The molecule has 0 aromatic heterocycles. The predicted molar refractivity (Wildman–Crippen MR) is 59.2 cm³/mol. The summed E-state index contributed by atoms with van der Waals surface area (Å²) in [6.07, 6.45) is 1.46. The Bertz CT molecular complexity index is 437. The summed E-state index contributed by atoms with van der Waals surface area (Å²) in [4.78, 5) is 21.2. The lowest BCUT2D eigenvalue weighted by Gasteiger charge is -2.03. The van der Waals surface area contributed by atoms with Gasteiger partial charge in [-0.25, -0.2) is 0 Å². The van der Waals surface area contributed by atoms with Crippen LogP contribution < -0.4 is 10.4 Å². The van der Waals surface area contributed by atoms with Gasteiger partial charge in [-0.2, -0.15) is 0 Å². The van der Waals surface area contributed by atoms with E-state index in [2.05, 4.69) is 5.32 Å². The Morgan fingerprint density at radius 1 is 1.12 bits per heavy atom. The fourth-order valence-corrected chi connectivity index (χ4v) is 1.48. The van der Waals surface area contributed by atoms with E-state index in [4.69, 9.17) is 23.2 Å². The van der Waals surface area contributed by atoms with E-state index >= 15 is 0 Å². The summed E-state index contributed by atoms with van der Waals surface area (Å²) in [5.41, 5.74) is 0.380. The highest BCUT2D eigenvalue weighted by Gasteiger charge is 2.00. The van der Waals surface area contributed by atoms with Crippen molar-refractivity contribution >= 4 is 40.8 Å². The van der Waals surface area contributed by atoms with E-state index in [9.17, 15) is 14.7 Å². The molecule has 0 aliphatic carbocycles. The summed E-state index contributed by atoms with van der Waals surface area (Å²) in [6, 6.07) is 4.48. The van der Waals surface area contributed by atoms with Crippen molar-refractivity contribution in [3.63, 3.8) is 0 Å². The second-order valence-corrected chi connectivity index (χ2v) is 3.67. The van der Waals surface area contributed by atoms with E-state index in [1.807, 2.05) is 0 Å². The van der Waals surface area contributed by atoms with Crippen LogP contribution in [0.4, 0.5) is 5.69 Å². The Labute approximate surface area is 101 Å². The van der Waals surface area contributed by atoms with Gasteiger partial charge in [0.15, 0.2) is 0 Å². The molecule has 0 saturated heterocycles. The zero-order valence-corrected chi connectivity index (χ0v) is 9.38. The molecule has 1 rings (SSSR count). The number of benzene rings is 1. The van der Waals surface area contributed by atoms with Crippen molar-refractivity contribution in [3.05, 3.63) is 40.4 Å². The number of amides is 1. The van der Waals surface area contributed by atoms with Gasteiger partial charge >= 0.3 is 0 Å². The van der Waals surface area contributed by atoms with Crippen molar-refractivity contribution in [2.24, 2.45) is 0 Å². The second-order valence-electron chi connectivity index (χ2n) is 2.80. The fraction of sp³-hybridized carbons (Fsp3) is 0. The summed E-state index contributed by atoms with van der Waals surface area (Å²) >= 11 is 11.4. The lowest BCUT2D eigenvalue weighted by molar-refractivity contribution is -0.297. The first kappa shape index (κ1) is 12.5. The number of aliphatic carboxylic acids is 1. The highest BCUT2D eigenvalue weighted by molar-refractivity contribution is 6.35. The summed E-state index contributed by atoms with van der Waals surface area (Å²) in [7, 11) is 0. The molecule has 0 fully saturated rings. The van der Waals surface area contributed by atoms with E-state index in [1.165, 1.54) is 18.2 Å². The molecule has 1 aromatic carbocycles. The Balaban J connectivity index is 2.73. The van der Waals surface area contributed by atoms with Crippen LogP contribution in [0.3, 0.4) is 0 Å². The Morgan fingerprint density at radius 3 is 2.19 bits per heavy atom. The number of carbonyl (C=O) groups excluding carboxylic acids is 2.